The maximum absolute atomic E-state index is 12.6. The molecule has 0 heterocycles. The maximum atomic E-state index is 12.6. The van der Waals surface area contributed by atoms with Crippen molar-refractivity contribution in [1.29, 1.82) is 0 Å². The summed E-state index contributed by atoms with van der Waals surface area (Å²) in [4.78, 5) is 36.5. The van der Waals surface area contributed by atoms with E-state index >= 15 is 0 Å². The van der Waals surface area contributed by atoms with E-state index in [-0.39, 0.29) is 0 Å². The largest absolute Gasteiger partial charge is 0.479 e. The van der Waals surface area contributed by atoms with Crippen LogP contribution in [0.15, 0.2) is 60.7 Å². The molecule has 2 aromatic rings. The van der Waals surface area contributed by atoms with Crippen molar-refractivity contribution in [2.45, 2.75) is 25.6 Å². The van der Waals surface area contributed by atoms with Crippen LogP contribution < -0.4 is 15.4 Å². The first-order valence-electron chi connectivity index (χ1n) is 8.54. The molecule has 0 unspecified atom stereocenters. The molecule has 7 heteroatoms. The van der Waals surface area contributed by atoms with Crippen LogP contribution in [0.5, 0.6) is 5.75 Å². The topological polar surface area (TPSA) is 93.7 Å². The van der Waals surface area contributed by atoms with Crippen molar-refractivity contribution in [1.82, 2.24) is 10.6 Å². The zero-order valence-electron chi connectivity index (χ0n) is 15.2. The number of urea groups is 1. The van der Waals surface area contributed by atoms with Crippen LogP contribution in [0.2, 0.25) is 0 Å². The Hall–Kier alpha value is -3.35. The van der Waals surface area contributed by atoms with Crippen molar-refractivity contribution in [2.75, 3.05) is 7.05 Å². The van der Waals surface area contributed by atoms with Crippen LogP contribution in [0, 0.1) is 0 Å². The summed E-state index contributed by atoms with van der Waals surface area (Å²) in [7, 11) is 1.38. The van der Waals surface area contributed by atoms with Crippen LogP contribution in [-0.4, -0.2) is 31.1 Å². The molecule has 3 amide bonds. The van der Waals surface area contributed by atoms with Gasteiger partial charge in [-0.05, 0) is 18.6 Å². The monoisotopic (exact) mass is 370 g/mol. The Balaban J connectivity index is 2.16. The molecule has 0 aliphatic rings. The number of imide groups is 1. The first kappa shape index (κ1) is 20.0. The molecule has 0 bridgehead atoms. The number of esters is 1. The van der Waals surface area contributed by atoms with Gasteiger partial charge in [0.15, 0.2) is 6.10 Å². The van der Waals surface area contributed by atoms with Crippen LogP contribution in [0.3, 0.4) is 0 Å². The van der Waals surface area contributed by atoms with Crippen LogP contribution >= 0.6 is 0 Å². The number of hydrogen-bond acceptors (Lipinski definition) is 5. The van der Waals surface area contributed by atoms with Gasteiger partial charge in [0.1, 0.15) is 5.75 Å². The van der Waals surface area contributed by atoms with E-state index in [9.17, 15) is 14.4 Å². The minimum atomic E-state index is -1.27. The van der Waals surface area contributed by atoms with Gasteiger partial charge in [0, 0.05) is 12.6 Å². The average molecular weight is 370 g/mol. The summed E-state index contributed by atoms with van der Waals surface area (Å²) in [5.41, 5.74) is 0.446. The third-order valence-corrected chi connectivity index (χ3v) is 3.69. The van der Waals surface area contributed by atoms with Gasteiger partial charge < -0.3 is 14.8 Å². The molecule has 0 aliphatic heterocycles. The third-order valence-electron chi connectivity index (χ3n) is 3.69. The predicted octanol–water partition coefficient (Wildman–Crippen LogP) is 2.58. The summed E-state index contributed by atoms with van der Waals surface area (Å²) in [6.45, 7) is 1.77. The molecular weight excluding hydrogens is 348 g/mol. The summed E-state index contributed by atoms with van der Waals surface area (Å²) in [5, 5.41) is 4.42. The zero-order chi connectivity index (χ0) is 19.6. The van der Waals surface area contributed by atoms with Gasteiger partial charge in [0.2, 0.25) is 6.10 Å². The van der Waals surface area contributed by atoms with E-state index in [4.69, 9.17) is 9.47 Å². The van der Waals surface area contributed by atoms with Gasteiger partial charge in [0.05, 0.1) is 0 Å². The Bertz CT molecular complexity index is 764. The van der Waals surface area contributed by atoms with Gasteiger partial charge >= 0.3 is 12.0 Å². The summed E-state index contributed by atoms with van der Waals surface area (Å²) in [6, 6.07) is 16.6. The lowest BCUT2D eigenvalue weighted by molar-refractivity contribution is -0.163. The van der Waals surface area contributed by atoms with E-state index in [0.717, 1.165) is 0 Å². The van der Waals surface area contributed by atoms with E-state index < -0.39 is 30.1 Å². The highest BCUT2D eigenvalue weighted by Crippen LogP contribution is 2.20. The summed E-state index contributed by atoms with van der Waals surface area (Å²) < 4.78 is 11.1. The smallest absolute Gasteiger partial charge is 0.348 e. The second kappa shape index (κ2) is 9.96. The number of hydrogen-bond donors (Lipinski definition) is 2. The quantitative estimate of drug-likeness (QED) is 0.731. The molecule has 2 aromatic carbocycles. The fourth-order valence-corrected chi connectivity index (χ4v) is 2.29. The van der Waals surface area contributed by atoms with Crippen LogP contribution in [0.1, 0.15) is 25.0 Å². The summed E-state index contributed by atoms with van der Waals surface area (Å²) >= 11 is 0. The van der Waals surface area contributed by atoms with Crippen molar-refractivity contribution in [3.05, 3.63) is 66.2 Å². The van der Waals surface area contributed by atoms with Gasteiger partial charge in [-0.1, -0.05) is 55.5 Å². The Kier molecular flexibility index (Phi) is 7.37. The van der Waals surface area contributed by atoms with E-state index in [0.29, 0.717) is 17.7 Å². The van der Waals surface area contributed by atoms with Crippen LogP contribution in [-0.2, 0) is 14.3 Å². The Morgan fingerprint density at radius 1 is 0.963 bits per heavy atom. The van der Waals surface area contributed by atoms with Gasteiger partial charge in [-0.15, -0.1) is 0 Å². The molecule has 7 nitrogen and oxygen atoms in total. The minimum absolute atomic E-state index is 0.353. The molecule has 0 aromatic heterocycles. The molecule has 0 saturated heterocycles. The van der Waals surface area contributed by atoms with Crippen molar-refractivity contribution in [3.63, 3.8) is 0 Å². The Morgan fingerprint density at radius 2 is 1.56 bits per heavy atom. The minimum Gasteiger partial charge on any atom is -0.479 e. The van der Waals surface area contributed by atoms with E-state index in [1.54, 1.807) is 61.5 Å². The van der Waals surface area contributed by atoms with E-state index in [1.807, 2.05) is 6.07 Å². The molecule has 142 valence electrons. The Morgan fingerprint density at radius 3 is 2.11 bits per heavy atom. The number of carbonyl (C=O) groups excluding carboxylic acids is 3. The Labute approximate surface area is 157 Å². The third kappa shape index (κ3) is 5.85. The summed E-state index contributed by atoms with van der Waals surface area (Å²) in [5.74, 6) is -0.918. The van der Waals surface area contributed by atoms with Crippen molar-refractivity contribution < 1.29 is 23.9 Å². The van der Waals surface area contributed by atoms with Gasteiger partial charge in [-0.25, -0.2) is 9.59 Å². The number of carbonyl (C=O) groups is 3. The highest BCUT2D eigenvalue weighted by Gasteiger charge is 2.30. The van der Waals surface area contributed by atoms with Crippen molar-refractivity contribution >= 4 is 17.9 Å². The average Bonchev–Trinajstić information content (AvgIpc) is 2.71. The standard InChI is InChI=1S/C20H22N2O5/c1-3-16(26-15-12-8-5-9-13-15)19(24)27-17(14-10-6-4-7-11-14)18(23)22-20(25)21-2/h4-13,16-17H,3H2,1-2H3,(H2,21,22,23,25)/t16-,17-/m0/s1. The van der Waals surface area contributed by atoms with E-state index in [2.05, 4.69) is 10.6 Å². The van der Waals surface area contributed by atoms with Crippen LogP contribution in [0.25, 0.3) is 0 Å². The first-order chi connectivity index (χ1) is 13.0. The molecule has 0 spiro atoms. The summed E-state index contributed by atoms with van der Waals surface area (Å²) in [6.07, 6.45) is -1.80. The molecule has 2 N–H and O–H groups in total. The number of rotatable bonds is 7. The molecule has 0 fully saturated rings. The molecule has 0 radical (unpaired) electrons. The number of amides is 3. The van der Waals surface area contributed by atoms with Gasteiger partial charge in [-0.2, -0.15) is 0 Å². The SMILES string of the molecule is CC[C@H](Oc1ccccc1)C(=O)O[C@H](C(=O)NC(=O)NC)c1ccccc1. The molecule has 0 saturated carbocycles. The number of para-hydroxylation sites is 1. The number of ether oxygens (including phenoxy) is 2. The second-order valence-corrected chi connectivity index (χ2v) is 5.62. The predicted molar refractivity (Wildman–Crippen MR) is 99.0 cm³/mol. The highest BCUT2D eigenvalue weighted by molar-refractivity contribution is 5.97. The molecule has 2 atom stereocenters. The molecular formula is C20H22N2O5. The number of nitrogens with one attached hydrogen (secondary N) is 2. The van der Waals surface area contributed by atoms with Crippen molar-refractivity contribution in [3.8, 4) is 5.75 Å². The van der Waals surface area contributed by atoms with Crippen molar-refractivity contribution in [2.24, 2.45) is 0 Å². The lowest BCUT2D eigenvalue weighted by atomic mass is 10.1. The fraction of sp³-hybridized carbons (Fsp3) is 0.250. The number of benzene rings is 2. The molecule has 27 heavy (non-hydrogen) atoms. The van der Waals surface area contributed by atoms with Gasteiger partial charge in [0.25, 0.3) is 5.91 Å². The zero-order valence-corrected chi connectivity index (χ0v) is 15.2. The normalized spacial score (nSPS) is 12.4. The highest BCUT2D eigenvalue weighted by atomic mass is 16.6. The lowest BCUT2D eigenvalue weighted by Gasteiger charge is -2.21. The molecule has 0 aliphatic carbocycles. The lowest BCUT2D eigenvalue weighted by Crippen LogP contribution is -2.42. The molecule has 2 rings (SSSR count). The van der Waals surface area contributed by atoms with Gasteiger partial charge in [-0.3, -0.25) is 10.1 Å². The van der Waals surface area contributed by atoms with E-state index in [1.165, 1.54) is 7.05 Å². The second-order valence-electron chi connectivity index (χ2n) is 5.62. The first-order valence-corrected chi connectivity index (χ1v) is 8.54. The fourth-order valence-electron chi connectivity index (χ4n) is 2.29. The maximum Gasteiger partial charge on any atom is 0.348 e. The van der Waals surface area contributed by atoms with Crippen LogP contribution in [0.4, 0.5) is 4.79 Å².